The molecule has 0 saturated heterocycles. The van der Waals surface area contributed by atoms with Gasteiger partial charge in [0.25, 0.3) is 0 Å². The van der Waals surface area contributed by atoms with Crippen molar-refractivity contribution in [2.24, 2.45) is 5.92 Å². The molecule has 3 nitrogen and oxygen atoms in total. The molecule has 0 aliphatic rings. The van der Waals surface area contributed by atoms with Gasteiger partial charge in [-0.05, 0) is 30.5 Å². The maximum absolute atomic E-state index is 11.9. The molecule has 1 aromatic rings. The van der Waals surface area contributed by atoms with Crippen LogP contribution in [0.5, 0.6) is 0 Å². The Morgan fingerprint density at radius 3 is 2.33 bits per heavy atom. The van der Waals surface area contributed by atoms with Crippen LogP contribution in [0, 0.1) is 5.92 Å². The molecular formula is C12H17Cl2NO2S. The lowest BCUT2D eigenvalue weighted by atomic mass is 10.1. The summed E-state index contributed by atoms with van der Waals surface area (Å²) in [6.45, 7) is 5.76. The van der Waals surface area contributed by atoms with Crippen LogP contribution in [0.2, 0.25) is 10.0 Å². The third kappa shape index (κ3) is 4.76. The van der Waals surface area contributed by atoms with E-state index in [9.17, 15) is 8.42 Å². The molecule has 102 valence electrons. The van der Waals surface area contributed by atoms with Gasteiger partial charge >= 0.3 is 0 Å². The van der Waals surface area contributed by atoms with E-state index in [0.29, 0.717) is 15.6 Å². The van der Waals surface area contributed by atoms with Crippen molar-refractivity contribution in [3.8, 4) is 0 Å². The van der Waals surface area contributed by atoms with Crippen molar-refractivity contribution in [1.82, 2.24) is 4.72 Å². The van der Waals surface area contributed by atoms with Crippen molar-refractivity contribution >= 4 is 33.2 Å². The molecule has 1 unspecified atom stereocenters. The van der Waals surface area contributed by atoms with Gasteiger partial charge in [0.1, 0.15) is 0 Å². The number of hydrogen-bond donors (Lipinski definition) is 1. The lowest BCUT2D eigenvalue weighted by Gasteiger charge is -2.17. The molecular weight excluding hydrogens is 293 g/mol. The van der Waals surface area contributed by atoms with Crippen molar-refractivity contribution in [2.75, 3.05) is 0 Å². The van der Waals surface area contributed by atoms with Gasteiger partial charge < -0.3 is 0 Å². The van der Waals surface area contributed by atoms with Crippen LogP contribution < -0.4 is 4.72 Å². The highest BCUT2D eigenvalue weighted by Crippen LogP contribution is 2.22. The molecule has 1 aromatic carbocycles. The van der Waals surface area contributed by atoms with Crippen LogP contribution in [0.4, 0.5) is 0 Å². The first-order chi connectivity index (χ1) is 8.21. The Hall–Kier alpha value is -0.290. The Morgan fingerprint density at radius 2 is 1.83 bits per heavy atom. The highest BCUT2D eigenvalue weighted by molar-refractivity contribution is 7.88. The van der Waals surface area contributed by atoms with E-state index in [2.05, 4.69) is 4.72 Å². The van der Waals surface area contributed by atoms with Crippen LogP contribution >= 0.6 is 23.2 Å². The molecule has 0 bridgehead atoms. The van der Waals surface area contributed by atoms with Crippen molar-refractivity contribution in [3.05, 3.63) is 33.8 Å². The number of sulfonamides is 1. The third-order valence-corrected chi connectivity index (χ3v) is 4.73. The fourth-order valence-electron chi connectivity index (χ4n) is 1.30. The van der Waals surface area contributed by atoms with Crippen LogP contribution in [-0.4, -0.2) is 14.5 Å². The van der Waals surface area contributed by atoms with E-state index >= 15 is 0 Å². The maximum Gasteiger partial charge on any atom is 0.216 e. The average molecular weight is 310 g/mol. The number of hydrogen-bond acceptors (Lipinski definition) is 2. The third-order valence-electron chi connectivity index (χ3n) is 2.73. The number of nitrogens with one attached hydrogen (secondary N) is 1. The predicted octanol–water partition coefficient (Wildman–Crippen LogP) is 3.46. The van der Waals surface area contributed by atoms with E-state index in [1.165, 1.54) is 0 Å². The maximum atomic E-state index is 11.9. The lowest BCUT2D eigenvalue weighted by Crippen LogP contribution is -2.36. The largest absolute Gasteiger partial charge is 0.216 e. The van der Waals surface area contributed by atoms with Crippen LogP contribution in [0.15, 0.2) is 18.2 Å². The lowest BCUT2D eigenvalue weighted by molar-refractivity contribution is 0.476. The smallest absolute Gasteiger partial charge is 0.212 e. The molecule has 1 N–H and O–H groups in total. The zero-order chi connectivity index (χ0) is 13.9. The van der Waals surface area contributed by atoms with E-state index in [-0.39, 0.29) is 17.7 Å². The standard InChI is InChI=1S/C12H17Cl2NO2S/c1-8(2)9(3)15-18(16,17)7-10-4-5-11(13)6-12(10)14/h4-6,8-9,15H,7H2,1-3H3. The molecule has 1 atom stereocenters. The minimum atomic E-state index is -3.39. The Bertz CT molecular complexity index is 515. The van der Waals surface area contributed by atoms with E-state index in [1.54, 1.807) is 18.2 Å². The van der Waals surface area contributed by atoms with Gasteiger partial charge in [0.2, 0.25) is 10.0 Å². The second-order valence-electron chi connectivity index (χ2n) is 4.65. The topological polar surface area (TPSA) is 46.2 Å². The van der Waals surface area contributed by atoms with Crippen LogP contribution in [-0.2, 0) is 15.8 Å². The molecule has 0 heterocycles. The Balaban J connectivity index is 2.83. The number of rotatable bonds is 5. The van der Waals surface area contributed by atoms with Gasteiger partial charge in [-0.3, -0.25) is 0 Å². The minimum absolute atomic E-state index is 0.110. The summed E-state index contributed by atoms with van der Waals surface area (Å²) in [5.41, 5.74) is 0.546. The van der Waals surface area contributed by atoms with E-state index in [1.807, 2.05) is 20.8 Å². The van der Waals surface area contributed by atoms with Gasteiger partial charge in [0.05, 0.1) is 5.75 Å². The van der Waals surface area contributed by atoms with Gasteiger partial charge in [-0.15, -0.1) is 0 Å². The summed E-state index contributed by atoms with van der Waals surface area (Å²) in [5.74, 6) is 0.0977. The fourth-order valence-corrected chi connectivity index (χ4v) is 3.44. The highest BCUT2D eigenvalue weighted by Gasteiger charge is 2.18. The Kier molecular flexibility index (Phi) is 5.46. The van der Waals surface area contributed by atoms with E-state index < -0.39 is 10.0 Å². The summed E-state index contributed by atoms with van der Waals surface area (Å²) in [7, 11) is -3.39. The van der Waals surface area contributed by atoms with Crippen LogP contribution in [0.3, 0.4) is 0 Å². The zero-order valence-corrected chi connectivity index (χ0v) is 12.9. The van der Waals surface area contributed by atoms with Gasteiger partial charge in [0.15, 0.2) is 0 Å². The zero-order valence-electron chi connectivity index (χ0n) is 10.6. The SMILES string of the molecule is CC(C)C(C)NS(=O)(=O)Cc1ccc(Cl)cc1Cl. The summed E-state index contributed by atoms with van der Waals surface area (Å²) in [5, 5.41) is 0.856. The Labute approximate surface area is 119 Å². The van der Waals surface area contributed by atoms with Gasteiger partial charge in [-0.1, -0.05) is 43.1 Å². The van der Waals surface area contributed by atoms with Gasteiger partial charge in [-0.2, -0.15) is 0 Å². The van der Waals surface area contributed by atoms with Crippen molar-refractivity contribution in [1.29, 1.82) is 0 Å². The van der Waals surface area contributed by atoms with E-state index in [0.717, 1.165) is 0 Å². The van der Waals surface area contributed by atoms with Crippen molar-refractivity contribution < 1.29 is 8.42 Å². The molecule has 6 heteroatoms. The first-order valence-electron chi connectivity index (χ1n) is 5.65. The highest BCUT2D eigenvalue weighted by atomic mass is 35.5. The first kappa shape index (κ1) is 15.8. The average Bonchev–Trinajstić information content (AvgIpc) is 2.21. The molecule has 0 aromatic heterocycles. The first-order valence-corrected chi connectivity index (χ1v) is 8.06. The summed E-state index contributed by atoms with van der Waals surface area (Å²) in [6.07, 6.45) is 0. The monoisotopic (exact) mass is 309 g/mol. The second-order valence-corrected chi connectivity index (χ2v) is 7.24. The Morgan fingerprint density at radius 1 is 1.22 bits per heavy atom. The van der Waals surface area contributed by atoms with Crippen LogP contribution in [0.25, 0.3) is 0 Å². The predicted molar refractivity (Wildman–Crippen MR) is 76.5 cm³/mol. The van der Waals surface area contributed by atoms with E-state index in [4.69, 9.17) is 23.2 Å². The molecule has 0 aliphatic heterocycles. The minimum Gasteiger partial charge on any atom is -0.212 e. The fraction of sp³-hybridized carbons (Fsp3) is 0.500. The molecule has 0 saturated carbocycles. The molecule has 1 rings (SSSR count). The molecule has 0 amide bonds. The summed E-state index contributed by atoms with van der Waals surface area (Å²) in [6, 6.07) is 4.69. The summed E-state index contributed by atoms with van der Waals surface area (Å²) >= 11 is 11.7. The van der Waals surface area contributed by atoms with Gasteiger partial charge in [-0.25, -0.2) is 13.1 Å². The van der Waals surface area contributed by atoms with Crippen molar-refractivity contribution in [2.45, 2.75) is 32.6 Å². The normalized spacial score (nSPS) is 13.9. The number of halogens is 2. The second kappa shape index (κ2) is 6.24. The summed E-state index contributed by atoms with van der Waals surface area (Å²) < 4.78 is 26.5. The molecule has 0 radical (unpaired) electrons. The van der Waals surface area contributed by atoms with Crippen molar-refractivity contribution in [3.63, 3.8) is 0 Å². The molecule has 0 spiro atoms. The molecule has 0 fully saturated rings. The van der Waals surface area contributed by atoms with Crippen LogP contribution in [0.1, 0.15) is 26.3 Å². The van der Waals surface area contributed by atoms with Gasteiger partial charge in [0, 0.05) is 16.1 Å². The number of benzene rings is 1. The summed E-state index contributed by atoms with van der Waals surface area (Å²) in [4.78, 5) is 0. The quantitative estimate of drug-likeness (QED) is 0.905. The molecule has 0 aliphatic carbocycles. The molecule has 18 heavy (non-hydrogen) atoms.